The van der Waals surface area contributed by atoms with Crippen molar-refractivity contribution in [3.05, 3.63) is 70.6 Å². The van der Waals surface area contributed by atoms with Crippen LogP contribution in [-0.4, -0.2) is 72.6 Å². The van der Waals surface area contributed by atoms with Crippen LogP contribution in [0.3, 0.4) is 0 Å². The van der Waals surface area contributed by atoms with Gasteiger partial charge in [0.15, 0.2) is 5.88 Å². The van der Waals surface area contributed by atoms with Gasteiger partial charge in [0.2, 0.25) is 0 Å². The fourth-order valence-corrected chi connectivity index (χ4v) is 4.70. The van der Waals surface area contributed by atoms with Crippen LogP contribution in [0, 0.1) is 11.6 Å². The molecule has 190 valence electrons. The molecule has 2 unspecified atom stereocenters. The van der Waals surface area contributed by atoms with E-state index in [0.717, 1.165) is 12.4 Å². The lowest BCUT2D eigenvalue weighted by Crippen LogP contribution is -2.53. The number of aldehydes is 1. The number of hydrogen-bond donors (Lipinski definition) is 2. The summed E-state index contributed by atoms with van der Waals surface area (Å²) in [4.78, 5) is 28.8. The van der Waals surface area contributed by atoms with Gasteiger partial charge in [-0.25, -0.2) is 8.78 Å². The van der Waals surface area contributed by atoms with E-state index in [9.17, 15) is 23.5 Å². The van der Waals surface area contributed by atoms with Gasteiger partial charge >= 0.3 is 0 Å². The van der Waals surface area contributed by atoms with E-state index in [4.69, 9.17) is 9.47 Å². The Morgan fingerprint density at radius 2 is 1.83 bits per heavy atom. The zero-order chi connectivity index (χ0) is 25.4. The number of halogens is 2. The molecule has 0 aliphatic carbocycles. The molecule has 5 rings (SSSR count). The number of aliphatic hydroxyl groups excluding tert-OH is 1. The van der Waals surface area contributed by atoms with E-state index in [1.54, 1.807) is 25.1 Å². The first-order valence-electron chi connectivity index (χ1n) is 11.9. The minimum atomic E-state index is -0.721. The number of carbonyl (C=O) groups is 2. The quantitative estimate of drug-likeness (QED) is 0.591. The van der Waals surface area contributed by atoms with E-state index >= 15 is 0 Å². The Kier molecular flexibility index (Phi) is 6.63. The summed E-state index contributed by atoms with van der Waals surface area (Å²) in [5.41, 5.74) is 1.66. The summed E-state index contributed by atoms with van der Waals surface area (Å²) in [7, 11) is 0. The maximum absolute atomic E-state index is 13.8. The summed E-state index contributed by atoms with van der Waals surface area (Å²) in [5, 5.41) is 12.7. The third kappa shape index (κ3) is 4.78. The molecule has 2 atom stereocenters. The maximum Gasteiger partial charge on any atom is 0.254 e. The summed E-state index contributed by atoms with van der Waals surface area (Å²) >= 11 is 0. The van der Waals surface area contributed by atoms with Crippen molar-refractivity contribution in [2.75, 3.05) is 44.7 Å². The molecule has 10 heteroatoms. The van der Waals surface area contributed by atoms with E-state index in [2.05, 4.69) is 5.32 Å². The molecule has 2 aromatic rings. The third-order valence-electron chi connectivity index (χ3n) is 6.61. The molecule has 3 heterocycles. The molecule has 0 bridgehead atoms. The number of ether oxygens (including phenoxy) is 2. The highest BCUT2D eigenvalue weighted by atomic mass is 19.1. The highest BCUT2D eigenvalue weighted by molar-refractivity contribution is 5.96. The number of allylic oxidation sites excluding steroid dienone is 1. The van der Waals surface area contributed by atoms with Crippen molar-refractivity contribution in [2.24, 2.45) is 0 Å². The lowest BCUT2D eigenvalue weighted by atomic mass is 9.89. The van der Waals surface area contributed by atoms with Crippen molar-refractivity contribution in [2.45, 2.75) is 25.0 Å². The van der Waals surface area contributed by atoms with Gasteiger partial charge < -0.3 is 34.5 Å². The molecule has 2 N–H and O–H groups in total. The summed E-state index contributed by atoms with van der Waals surface area (Å²) in [6.45, 7) is 4.52. The smallest absolute Gasteiger partial charge is 0.254 e. The molecule has 0 radical (unpaired) electrons. The van der Waals surface area contributed by atoms with E-state index in [-0.39, 0.29) is 24.7 Å². The van der Waals surface area contributed by atoms with Crippen molar-refractivity contribution >= 4 is 17.9 Å². The monoisotopic (exact) mass is 499 g/mol. The van der Waals surface area contributed by atoms with Gasteiger partial charge in [0.25, 0.3) is 5.91 Å². The number of benzene rings is 2. The predicted octanol–water partition coefficient (Wildman–Crippen LogP) is 2.80. The molecule has 2 saturated heterocycles. The van der Waals surface area contributed by atoms with Gasteiger partial charge in [0.1, 0.15) is 23.7 Å². The van der Waals surface area contributed by atoms with Crippen LogP contribution in [-0.2, 0) is 9.53 Å². The SMILES string of the molecule is CC(Nc1cc(F)cc(F)c1)c1cc(C(=O)N2CC(O)C2)cc2c1OC(N1CCOCC1)=CC2C=O. The van der Waals surface area contributed by atoms with Gasteiger partial charge in [0.05, 0.1) is 31.3 Å². The van der Waals surface area contributed by atoms with Gasteiger partial charge in [-0.2, -0.15) is 0 Å². The molecule has 36 heavy (non-hydrogen) atoms. The zero-order valence-electron chi connectivity index (χ0n) is 19.7. The van der Waals surface area contributed by atoms with Crippen LogP contribution in [0.5, 0.6) is 5.75 Å². The maximum atomic E-state index is 13.8. The minimum Gasteiger partial charge on any atom is -0.441 e. The fourth-order valence-electron chi connectivity index (χ4n) is 4.70. The molecule has 0 spiro atoms. The molecular weight excluding hydrogens is 472 g/mol. The lowest BCUT2D eigenvalue weighted by Gasteiger charge is -2.37. The number of nitrogens with one attached hydrogen (secondary N) is 1. The van der Waals surface area contributed by atoms with Gasteiger partial charge in [-0.3, -0.25) is 4.79 Å². The van der Waals surface area contributed by atoms with Crippen molar-refractivity contribution < 1.29 is 33.0 Å². The molecule has 8 nitrogen and oxygen atoms in total. The Bertz CT molecular complexity index is 1190. The molecule has 0 aromatic heterocycles. The van der Waals surface area contributed by atoms with Crippen molar-refractivity contribution in [3.63, 3.8) is 0 Å². The Labute approximate surface area is 207 Å². The zero-order valence-corrected chi connectivity index (χ0v) is 19.7. The molecule has 3 aliphatic heterocycles. The number of fused-ring (bicyclic) bond motifs is 1. The fraction of sp³-hybridized carbons (Fsp3) is 0.385. The molecule has 0 saturated carbocycles. The van der Waals surface area contributed by atoms with Crippen molar-refractivity contribution in [3.8, 4) is 5.75 Å². The topological polar surface area (TPSA) is 91.3 Å². The van der Waals surface area contributed by atoms with Crippen LogP contribution in [0.15, 0.2) is 42.3 Å². The summed E-state index contributed by atoms with van der Waals surface area (Å²) < 4.78 is 39.4. The van der Waals surface area contributed by atoms with E-state index in [0.29, 0.717) is 54.6 Å². The van der Waals surface area contributed by atoms with Gasteiger partial charge in [-0.15, -0.1) is 0 Å². The number of rotatable bonds is 6. The average Bonchev–Trinajstić information content (AvgIpc) is 2.84. The van der Waals surface area contributed by atoms with Crippen LogP contribution in [0.4, 0.5) is 14.5 Å². The number of nitrogens with zero attached hydrogens (tertiary/aromatic N) is 2. The predicted molar refractivity (Wildman–Crippen MR) is 127 cm³/mol. The van der Waals surface area contributed by atoms with Crippen LogP contribution in [0.2, 0.25) is 0 Å². The average molecular weight is 500 g/mol. The summed E-state index contributed by atoms with van der Waals surface area (Å²) in [5.74, 6) is -1.42. The van der Waals surface area contributed by atoms with Crippen LogP contribution >= 0.6 is 0 Å². The van der Waals surface area contributed by atoms with Gasteiger partial charge in [-0.05, 0) is 37.3 Å². The van der Waals surface area contributed by atoms with Crippen LogP contribution in [0.25, 0.3) is 0 Å². The van der Waals surface area contributed by atoms with E-state index in [1.807, 2.05) is 4.90 Å². The Morgan fingerprint density at radius 3 is 2.47 bits per heavy atom. The normalized spacial score (nSPS) is 20.6. The number of carbonyl (C=O) groups excluding carboxylic acids is 2. The van der Waals surface area contributed by atoms with Crippen LogP contribution in [0.1, 0.15) is 40.4 Å². The van der Waals surface area contributed by atoms with Crippen molar-refractivity contribution in [1.82, 2.24) is 9.80 Å². The van der Waals surface area contributed by atoms with Gasteiger partial charge in [0, 0.05) is 54.6 Å². The number of hydrogen-bond acceptors (Lipinski definition) is 7. The standard InChI is InChI=1S/C26H27F2N3O5/c1-15(29-20-10-18(27)9-19(28)11-20)22-6-16(26(34)31-12-21(33)13-31)7-23-17(14-32)8-24(36-25(22)23)30-2-4-35-5-3-30/h6-11,14-15,17,21,29,33H,2-5,12-13H2,1H3. The first-order valence-corrected chi connectivity index (χ1v) is 11.9. The lowest BCUT2D eigenvalue weighted by molar-refractivity contribution is -0.108. The first kappa shape index (κ1) is 24.2. The number of morpholine rings is 1. The number of amides is 1. The second kappa shape index (κ2) is 9.87. The third-order valence-corrected chi connectivity index (χ3v) is 6.61. The molecule has 1 amide bonds. The van der Waals surface area contributed by atoms with Crippen molar-refractivity contribution in [1.29, 1.82) is 0 Å². The Morgan fingerprint density at radius 1 is 1.14 bits per heavy atom. The highest BCUT2D eigenvalue weighted by Gasteiger charge is 2.34. The number of anilines is 1. The summed E-state index contributed by atoms with van der Waals surface area (Å²) in [6.07, 6.45) is 1.97. The minimum absolute atomic E-state index is 0.225. The Balaban J connectivity index is 1.54. The van der Waals surface area contributed by atoms with Gasteiger partial charge in [-0.1, -0.05) is 0 Å². The van der Waals surface area contributed by atoms with Crippen LogP contribution < -0.4 is 10.1 Å². The highest BCUT2D eigenvalue weighted by Crippen LogP contribution is 2.42. The second-order valence-electron chi connectivity index (χ2n) is 9.24. The molecular formula is C26H27F2N3O5. The molecule has 2 aromatic carbocycles. The van der Waals surface area contributed by atoms with E-state index < -0.39 is 29.7 Å². The number of likely N-dealkylation sites (tertiary alicyclic amines) is 1. The summed E-state index contributed by atoms with van der Waals surface area (Å²) in [6, 6.07) is 5.92. The number of β-amino-alcohol motifs (C(OH)–C–C–N with tert-alkyl or cyclic N) is 1. The first-order chi connectivity index (χ1) is 17.3. The van der Waals surface area contributed by atoms with E-state index in [1.165, 1.54) is 17.0 Å². The molecule has 2 fully saturated rings. The molecule has 3 aliphatic rings. The number of aliphatic hydroxyl groups is 1. The second-order valence-corrected chi connectivity index (χ2v) is 9.24. The Hall–Kier alpha value is -3.50. The largest absolute Gasteiger partial charge is 0.441 e.